The zero-order valence-corrected chi connectivity index (χ0v) is 9.97. The standard InChI is InChI=1S/C11H20O5/c1-4-16-10(13)6-9(12)8(11(14)15)5-7(2)3/h7-9,12H,4-6H2,1-3H3,(H,14,15)/t8-,9+/m1/s1. The highest BCUT2D eigenvalue weighted by Gasteiger charge is 2.29. The third-order valence-corrected chi connectivity index (χ3v) is 2.19. The molecule has 0 aliphatic carbocycles. The van der Waals surface area contributed by atoms with Gasteiger partial charge in [-0.05, 0) is 19.3 Å². The molecule has 2 atom stereocenters. The van der Waals surface area contributed by atoms with E-state index in [0.29, 0.717) is 6.42 Å². The Morgan fingerprint density at radius 3 is 2.25 bits per heavy atom. The summed E-state index contributed by atoms with van der Waals surface area (Å²) >= 11 is 0. The Kier molecular flexibility index (Phi) is 6.72. The number of hydrogen-bond acceptors (Lipinski definition) is 4. The Balaban J connectivity index is 4.32. The molecule has 0 saturated carbocycles. The lowest BCUT2D eigenvalue weighted by atomic mass is 9.90. The molecular formula is C11H20O5. The summed E-state index contributed by atoms with van der Waals surface area (Å²) in [7, 11) is 0. The van der Waals surface area contributed by atoms with Gasteiger partial charge in [-0.1, -0.05) is 13.8 Å². The average Bonchev–Trinajstić information content (AvgIpc) is 2.13. The maximum atomic E-state index is 11.1. The van der Waals surface area contributed by atoms with Crippen molar-refractivity contribution in [2.45, 2.75) is 39.7 Å². The summed E-state index contributed by atoms with van der Waals surface area (Å²) in [6.07, 6.45) is -1.10. The first-order valence-corrected chi connectivity index (χ1v) is 5.44. The van der Waals surface area contributed by atoms with Gasteiger partial charge in [-0.25, -0.2) is 0 Å². The normalized spacial score (nSPS) is 14.6. The molecule has 5 nitrogen and oxygen atoms in total. The molecule has 94 valence electrons. The highest BCUT2D eigenvalue weighted by Crippen LogP contribution is 2.18. The van der Waals surface area contributed by atoms with Crippen LogP contribution in [0.2, 0.25) is 0 Å². The predicted octanol–water partition coefficient (Wildman–Crippen LogP) is 1.05. The van der Waals surface area contributed by atoms with Gasteiger partial charge >= 0.3 is 11.9 Å². The molecule has 0 aromatic heterocycles. The fourth-order valence-electron chi connectivity index (χ4n) is 1.46. The van der Waals surface area contributed by atoms with Crippen molar-refractivity contribution in [1.29, 1.82) is 0 Å². The van der Waals surface area contributed by atoms with Crippen LogP contribution in [0.5, 0.6) is 0 Å². The van der Waals surface area contributed by atoms with Crippen LogP contribution in [-0.4, -0.2) is 34.9 Å². The predicted molar refractivity (Wildman–Crippen MR) is 57.8 cm³/mol. The molecule has 0 aliphatic heterocycles. The monoisotopic (exact) mass is 232 g/mol. The van der Waals surface area contributed by atoms with Crippen molar-refractivity contribution in [2.75, 3.05) is 6.61 Å². The van der Waals surface area contributed by atoms with Crippen LogP contribution in [0.25, 0.3) is 0 Å². The smallest absolute Gasteiger partial charge is 0.309 e. The summed E-state index contributed by atoms with van der Waals surface area (Å²) in [5.74, 6) is -2.40. The van der Waals surface area contributed by atoms with E-state index < -0.39 is 24.0 Å². The fourth-order valence-corrected chi connectivity index (χ4v) is 1.46. The minimum atomic E-state index is -1.18. The minimum absolute atomic E-state index is 0.151. The average molecular weight is 232 g/mol. The van der Waals surface area contributed by atoms with Crippen LogP contribution >= 0.6 is 0 Å². The quantitative estimate of drug-likeness (QED) is 0.641. The van der Waals surface area contributed by atoms with Crippen molar-refractivity contribution < 1.29 is 24.5 Å². The van der Waals surface area contributed by atoms with Gasteiger partial charge in [0, 0.05) is 0 Å². The molecule has 0 amide bonds. The number of carbonyl (C=O) groups is 2. The van der Waals surface area contributed by atoms with Gasteiger partial charge in [0.25, 0.3) is 0 Å². The lowest BCUT2D eigenvalue weighted by Crippen LogP contribution is -2.31. The number of carboxylic acids is 1. The van der Waals surface area contributed by atoms with Gasteiger partial charge in [-0.3, -0.25) is 9.59 Å². The second-order valence-corrected chi connectivity index (χ2v) is 4.15. The lowest BCUT2D eigenvalue weighted by Gasteiger charge is -2.19. The second kappa shape index (κ2) is 7.22. The summed E-state index contributed by atoms with van der Waals surface area (Å²) in [4.78, 5) is 22.0. The van der Waals surface area contributed by atoms with Crippen molar-refractivity contribution in [3.63, 3.8) is 0 Å². The highest BCUT2D eigenvalue weighted by molar-refractivity contribution is 5.74. The first-order chi connectivity index (χ1) is 7.38. The number of ether oxygens (including phenoxy) is 1. The Hall–Kier alpha value is -1.10. The van der Waals surface area contributed by atoms with Crippen LogP contribution < -0.4 is 0 Å². The van der Waals surface area contributed by atoms with Gasteiger partial charge < -0.3 is 14.9 Å². The van der Waals surface area contributed by atoms with Gasteiger partial charge in [0.1, 0.15) is 0 Å². The van der Waals surface area contributed by atoms with Gasteiger partial charge in [-0.2, -0.15) is 0 Å². The van der Waals surface area contributed by atoms with Crippen molar-refractivity contribution in [1.82, 2.24) is 0 Å². The molecule has 0 radical (unpaired) electrons. The van der Waals surface area contributed by atoms with Crippen LogP contribution in [0.15, 0.2) is 0 Å². The lowest BCUT2D eigenvalue weighted by molar-refractivity contribution is -0.151. The number of hydrogen-bond donors (Lipinski definition) is 2. The molecule has 16 heavy (non-hydrogen) atoms. The molecule has 0 saturated heterocycles. The molecule has 0 bridgehead atoms. The van der Waals surface area contributed by atoms with Gasteiger partial charge in [0.2, 0.25) is 0 Å². The Labute approximate surface area is 95.4 Å². The summed E-state index contributed by atoms with van der Waals surface area (Å²) in [6, 6.07) is 0. The van der Waals surface area contributed by atoms with E-state index in [1.165, 1.54) is 0 Å². The molecule has 0 aromatic rings. The zero-order chi connectivity index (χ0) is 12.7. The molecule has 0 aromatic carbocycles. The van der Waals surface area contributed by atoms with Crippen LogP contribution in [0.1, 0.15) is 33.6 Å². The van der Waals surface area contributed by atoms with E-state index >= 15 is 0 Å². The zero-order valence-electron chi connectivity index (χ0n) is 9.97. The third kappa shape index (κ3) is 5.70. The number of aliphatic hydroxyl groups is 1. The fraction of sp³-hybridized carbons (Fsp3) is 0.818. The summed E-state index contributed by atoms with van der Waals surface area (Å²) in [6.45, 7) is 5.63. The molecule has 0 spiro atoms. The topological polar surface area (TPSA) is 83.8 Å². The van der Waals surface area contributed by atoms with E-state index in [1.54, 1.807) is 6.92 Å². The van der Waals surface area contributed by atoms with Crippen LogP contribution in [0, 0.1) is 11.8 Å². The largest absolute Gasteiger partial charge is 0.481 e. The number of aliphatic hydroxyl groups excluding tert-OH is 1. The number of rotatable bonds is 7. The molecular weight excluding hydrogens is 212 g/mol. The molecule has 0 heterocycles. The molecule has 2 N–H and O–H groups in total. The first-order valence-electron chi connectivity index (χ1n) is 5.44. The summed E-state index contributed by atoms with van der Waals surface area (Å²) in [5.41, 5.74) is 0. The minimum Gasteiger partial charge on any atom is -0.481 e. The highest BCUT2D eigenvalue weighted by atomic mass is 16.5. The van der Waals surface area contributed by atoms with E-state index in [1.807, 2.05) is 13.8 Å². The number of esters is 1. The molecule has 0 aliphatic rings. The Morgan fingerprint density at radius 1 is 1.31 bits per heavy atom. The number of aliphatic carboxylic acids is 1. The van der Waals surface area contributed by atoms with E-state index in [2.05, 4.69) is 4.74 Å². The van der Waals surface area contributed by atoms with Gasteiger partial charge in [0.05, 0.1) is 25.0 Å². The van der Waals surface area contributed by atoms with E-state index in [0.717, 1.165) is 0 Å². The van der Waals surface area contributed by atoms with Crippen molar-refractivity contribution >= 4 is 11.9 Å². The van der Waals surface area contributed by atoms with Crippen LogP contribution in [-0.2, 0) is 14.3 Å². The molecule has 0 rings (SSSR count). The molecule has 0 unspecified atom stereocenters. The Morgan fingerprint density at radius 2 is 1.88 bits per heavy atom. The number of carboxylic acid groups (broad SMARTS) is 1. The van der Waals surface area contributed by atoms with Crippen molar-refractivity contribution in [3.8, 4) is 0 Å². The Bertz CT molecular complexity index is 237. The third-order valence-electron chi connectivity index (χ3n) is 2.19. The second-order valence-electron chi connectivity index (χ2n) is 4.15. The van der Waals surface area contributed by atoms with E-state index in [9.17, 15) is 14.7 Å². The maximum Gasteiger partial charge on any atom is 0.309 e. The van der Waals surface area contributed by atoms with Gasteiger partial charge in [0.15, 0.2) is 0 Å². The van der Waals surface area contributed by atoms with Gasteiger partial charge in [-0.15, -0.1) is 0 Å². The molecule has 0 fully saturated rings. The number of carbonyl (C=O) groups excluding carboxylic acids is 1. The maximum absolute atomic E-state index is 11.1. The van der Waals surface area contributed by atoms with E-state index in [4.69, 9.17) is 5.11 Å². The summed E-state index contributed by atoms with van der Waals surface area (Å²) in [5, 5.41) is 18.6. The van der Waals surface area contributed by atoms with E-state index in [-0.39, 0.29) is 18.9 Å². The van der Waals surface area contributed by atoms with Crippen molar-refractivity contribution in [2.24, 2.45) is 11.8 Å². The van der Waals surface area contributed by atoms with Crippen LogP contribution in [0.3, 0.4) is 0 Å². The molecule has 5 heteroatoms. The SMILES string of the molecule is CCOC(=O)C[C@H](O)[C@@H](CC(C)C)C(=O)O. The van der Waals surface area contributed by atoms with Crippen molar-refractivity contribution in [3.05, 3.63) is 0 Å². The first kappa shape index (κ1) is 14.9. The summed E-state index contributed by atoms with van der Waals surface area (Å²) < 4.78 is 4.66. The van der Waals surface area contributed by atoms with Crippen LogP contribution in [0.4, 0.5) is 0 Å².